The summed E-state index contributed by atoms with van der Waals surface area (Å²) in [5.74, 6) is 0.273. The summed E-state index contributed by atoms with van der Waals surface area (Å²) in [4.78, 5) is 14.5. The third-order valence-electron chi connectivity index (χ3n) is 4.52. The van der Waals surface area contributed by atoms with Gasteiger partial charge >= 0.3 is 0 Å². The highest BCUT2D eigenvalue weighted by atomic mass is 16.5. The van der Waals surface area contributed by atoms with Gasteiger partial charge in [-0.3, -0.25) is 4.79 Å². The molecule has 1 heterocycles. The van der Waals surface area contributed by atoms with Gasteiger partial charge < -0.3 is 15.4 Å². The Morgan fingerprint density at radius 1 is 1.21 bits per heavy atom. The van der Waals surface area contributed by atoms with Gasteiger partial charge in [-0.05, 0) is 51.9 Å². The average Bonchev–Trinajstić information content (AvgIpc) is 2.43. The lowest BCUT2D eigenvalue weighted by Gasteiger charge is -2.36. The van der Waals surface area contributed by atoms with Crippen LogP contribution in [0.25, 0.3) is 0 Å². The van der Waals surface area contributed by atoms with E-state index in [1.165, 1.54) is 6.42 Å². The van der Waals surface area contributed by atoms with Gasteiger partial charge in [-0.25, -0.2) is 0 Å². The van der Waals surface area contributed by atoms with Crippen molar-refractivity contribution in [3.05, 3.63) is 0 Å². The van der Waals surface area contributed by atoms with Crippen molar-refractivity contribution >= 4 is 5.91 Å². The van der Waals surface area contributed by atoms with Crippen LogP contribution in [0.2, 0.25) is 0 Å². The fourth-order valence-electron chi connectivity index (χ4n) is 3.33. The molecule has 0 spiro atoms. The third kappa shape index (κ3) is 4.18. The Balaban J connectivity index is 1.83. The van der Waals surface area contributed by atoms with Crippen LogP contribution in [0.5, 0.6) is 0 Å². The summed E-state index contributed by atoms with van der Waals surface area (Å²) >= 11 is 0. The molecule has 1 aliphatic carbocycles. The summed E-state index contributed by atoms with van der Waals surface area (Å²) in [5.41, 5.74) is 5.94. The predicted octanol–water partition coefficient (Wildman–Crippen LogP) is 2.06. The molecule has 1 amide bonds. The molecule has 2 fully saturated rings. The van der Waals surface area contributed by atoms with Crippen molar-refractivity contribution in [3.63, 3.8) is 0 Å². The molecule has 4 heteroatoms. The van der Waals surface area contributed by atoms with Crippen LogP contribution in [0.4, 0.5) is 0 Å². The summed E-state index contributed by atoms with van der Waals surface area (Å²) in [6.45, 7) is 3.71. The van der Waals surface area contributed by atoms with Gasteiger partial charge in [0.1, 0.15) is 0 Å². The summed E-state index contributed by atoms with van der Waals surface area (Å²) in [6, 6.07) is 0.743. The number of carbonyl (C=O) groups is 1. The minimum atomic E-state index is 0.154. The Morgan fingerprint density at radius 2 is 1.95 bits per heavy atom. The third-order valence-corrected chi connectivity index (χ3v) is 4.52. The molecule has 110 valence electrons. The van der Waals surface area contributed by atoms with Crippen LogP contribution in [0.3, 0.4) is 0 Å². The molecule has 1 saturated heterocycles. The number of hydrogen-bond acceptors (Lipinski definition) is 3. The molecule has 2 N–H and O–H groups in total. The van der Waals surface area contributed by atoms with E-state index in [2.05, 4.69) is 11.8 Å². The second kappa shape index (κ2) is 7.25. The molecule has 2 aliphatic rings. The molecule has 19 heavy (non-hydrogen) atoms. The van der Waals surface area contributed by atoms with Crippen LogP contribution in [-0.2, 0) is 9.53 Å². The van der Waals surface area contributed by atoms with Gasteiger partial charge in [0.05, 0.1) is 12.5 Å². The minimum Gasteiger partial charge on any atom is -0.378 e. The van der Waals surface area contributed by atoms with Gasteiger partial charge in [-0.2, -0.15) is 0 Å². The highest BCUT2D eigenvalue weighted by Crippen LogP contribution is 2.24. The van der Waals surface area contributed by atoms with Gasteiger partial charge in [-0.15, -0.1) is 0 Å². The zero-order valence-electron chi connectivity index (χ0n) is 12.1. The van der Waals surface area contributed by atoms with Crippen LogP contribution in [0, 0.1) is 0 Å². The average molecular weight is 268 g/mol. The molecule has 1 atom stereocenters. The van der Waals surface area contributed by atoms with Crippen molar-refractivity contribution in [3.8, 4) is 0 Å². The Kier molecular flexibility index (Phi) is 5.64. The molecule has 0 radical (unpaired) electrons. The first-order valence-corrected chi connectivity index (χ1v) is 7.87. The van der Waals surface area contributed by atoms with E-state index >= 15 is 0 Å². The topological polar surface area (TPSA) is 55.6 Å². The van der Waals surface area contributed by atoms with Crippen molar-refractivity contribution < 1.29 is 9.53 Å². The SMILES string of the molecule is CCN(C(=O)CC1CCCCO1)C1CCC(N)CC1. The fraction of sp³-hybridized carbons (Fsp3) is 0.933. The van der Waals surface area contributed by atoms with Gasteiger partial charge in [-0.1, -0.05) is 0 Å². The van der Waals surface area contributed by atoms with E-state index in [4.69, 9.17) is 10.5 Å². The molecule has 0 aromatic rings. The fourth-order valence-corrected chi connectivity index (χ4v) is 3.33. The molecular weight excluding hydrogens is 240 g/mol. The normalized spacial score (nSPS) is 32.0. The maximum atomic E-state index is 12.4. The molecule has 0 aromatic heterocycles. The Bertz CT molecular complexity index is 282. The molecule has 0 bridgehead atoms. The number of nitrogens with zero attached hydrogens (tertiary/aromatic N) is 1. The van der Waals surface area contributed by atoms with E-state index in [-0.39, 0.29) is 12.0 Å². The summed E-state index contributed by atoms with van der Waals surface area (Å²) in [6.07, 6.45) is 8.32. The largest absolute Gasteiger partial charge is 0.378 e. The van der Waals surface area contributed by atoms with Gasteiger partial charge in [0.15, 0.2) is 0 Å². The van der Waals surface area contributed by atoms with Crippen molar-refractivity contribution in [2.75, 3.05) is 13.2 Å². The maximum absolute atomic E-state index is 12.4. The molecule has 4 nitrogen and oxygen atoms in total. The van der Waals surface area contributed by atoms with Crippen LogP contribution >= 0.6 is 0 Å². The lowest BCUT2D eigenvalue weighted by atomic mass is 9.90. The molecule has 1 saturated carbocycles. The van der Waals surface area contributed by atoms with Crippen molar-refractivity contribution in [1.29, 1.82) is 0 Å². The first kappa shape index (κ1) is 14.8. The summed E-state index contributed by atoms with van der Waals surface area (Å²) < 4.78 is 5.68. The van der Waals surface area contributed by atoms with Crippen molar-refractivity contribution in [2.45, 2.75) is 76.5 Å². The summed E-state index contributed by atoms with van der Waals surface area (Å²) in [7, 11) is 0. The number of ether oxygens (including phenoxy) is 1. The first-order chi connectivity index (χ1) is 9.20. The van der Waals surface area contributed by atoms with Crippen molar-refractivity contribution in [1.82, 2.24) is 4.90 Å². The lowest BCUT2D eigenvalue weighted by molar-refractivity contribution is -0.138. The second-order valence-electron chi connectivity index (χ2n) is 5.94. The molecular formula is C15H28N2O2. The molecule has 1 unspecified atom stereocenters. The van der Waals surface area contributed by atoms with E-state index < -0.39 is 0 Å². The zero-order chi connectivity index (χ0) is 13.7. The molecule has 0 aromatic carbocycles. The standard InChI is InChI=1S/C15H28N2O2/c1-2-17(13-8-6-12(16)7-9-13)15(18)11-14-5-3-4-10-19-14/h12-14H,2-11,16H2,1H3. The van der Waals surface area contributed by atoms with E-state index in [0.717, 1.165) is 51.7 Å². The van der Waals surface area contributed by atoms with E-state index in [1.807, 2.05) is 0 Å². The van der Waals surface area contributed by atoms with Crippen molar-refractivity contribution in [2.24, 2.45) is 5.73 Å². The Labute approximate surface area is 116 Å². The van der Waals surface area contributed by atoms with Gasteiger partial charge in [0, 0.05) is 25.2 Å². The first-order valence-electron chi connectivity index (χ1n) is 7.87. The zero-order valence-corrected chi connectivity index (χ0v) is 12.1. The van der Waals surface area contributed by atoms with E-state index in [9.17, 15) is 4.79 Å². The predicted molar refractivity (Wildman–Crippen MR) is 75.8 cm³/mol. The van der Waals surface area contributed by atoms with E-state index in [1.54, 1.807) is 0 Å². The van der Waals surface area contributed by atoms with Crippen LogP contribution in [0.15, 0.2) is 0 Å². The maximum Gasteiger partial charge on any atom is 0.225 e. The lowest BCUT2D eigenvalue weighted by Crippen LogP contribution is -2.45. The number of amides is 1. The number of hydrogen-bond donors (Lipinski definition) is 1. The van der Waals surface area contributed by atoms with Gasteiger partial charge in [0.25, 0.3) is 0 Å². The van der Waals surface area contributed by atoms with Crippen LogP contribution in [0.1, 0.15) is 58.3 Å². The highest BCUT2D eigenvalue weighted by molar-refractivity contribution is 5.77. The quantitative estimate of drug-likeness (QED) is 0.849. The summed E-state index contributed by atoms with van der Waals surface area (Å²) in [5, 5.41) is 0. The second-order valence-corrected chi connectivity index (χ2v) is 5.94. The highest BCUT2D eigenvalue weighted by Gasteiger charge is 2.28. The Hall–Kier alpha value is -0.610. The monoisotopic (exact) mass is 268 g/mol. The van der Waals surface area contributed by atoms with E-state index in [0.29, 0.717) is 18.5 Å². The van der Waals surface area contributed by atoms with Crippen LogP contribution in [-0.4, -0.2) is 42.1 Å². The van der Waals surface area contributed by atoms with Gasteiger partial charge in [0.2, 0.25) is 5.91 Å². The molecule has 1 aliphatic heterocycles. The molecule has 2 rings (SSSR count). The smallest absolute Gasteiger partial charge is 0.225 e. The minimum absolute atomic E-state index is 0.154. The number of rotatable bonds is 4. The Morgan fingerprint density at radius 3 is 2.53 bits per heavy atom. The number of carbonyl (C=O) groups excluding carboxylic acids is 1. The number of nitrogens with two attached hydrogens (primary N) is 1. The van der Waals surface area contributed by atoms with Crippen LogP contribution < -0.4 is 5.73 Å².